The van der Waals surface area contributed by atoms with Crippen molar-refractivity contribution in [1.29, 1.82) is 0 Å². The van der Waals surface area contributed by atoms with Gasteiger partial charge in [0.25, 0.3) is 0 Å². The molecule has 7 nitrogen and oxygen atoms in total. The zero-order valence-electron chi connectivity index (χ0n) is 17.7. The van der Waals surface area contributed by atoms with E-state index in [9.17, 15) is 28.8 Å². The SMILES string of the molecule is C[C@@H](O)[C@H]1C(=O)N2C(C(=O)[O-])=C(c3ccc4c(c3)-c3ccc(S(C)=O)cc3C4=O)C[C@H]12.[Na+]. The molecular formula is C23H18NNaO6S. The third-order valence-corrected chi connectivity index (χ3v) is 7.31. The first-order valence-electron chi connectivity index (χ1n) is 9.83. The number of nitrogens with zero attached hydrogens (tertiary/aromatic N) is 1. The average Bonchev–Trinajstić information content (AvgIpc) is 3.20. The van der Waals surface area contributed by atoms with Crippen molar-refractivity contribution in [2.24, 2.45) is 5.92 Å². The summed E-state index contributed by atoms with van der Waals surface area (Å²) in [5.41, 5.74) is 3.20. The fourth-order valence-electron chi connectivity index (χ4n) is 4.94. The second-order valence-electron chi connectivity index (χ2n) is 8.11. The molecule has 0 radical (unpaired) electrons. The van der Waals surface area contributed by atoms with Crippen LogP contribution in [0.25, 0.3) is 16.7 Å². The third kappa shape index (κ3) is 3.16. The monoisotopic (exact) mass is 459 g/mol. The van der Waals surface area contributed by atoms with E-state index in [1.165, 1.54) is 11.8 Å². The molecule has 0 bridgehead atoms. The molecule has 2 aliphatic heterocycles. The van der Waals surface area contributed by atoms with Gasteiger partial charge in [0, 0.05) is 33.1 Å². The van der Waals surface area contributed by atoms with Gasteiger partial charge in [0.2, 0.25) is 5.91 Å². The summed E-state index contributed by atoms with van der Waals surface area (Å²) < 4.78 is 11.8. The number of carbonyl (C=O) groups excluding carboxylic acids is 3. The van der Waals surface area contributed by atoms with E-state index in [0.29, 0.717) is 38.3 Å². The van der Waals surface area contributed by atoms with Gasteiger partial charge in [0.1, 0.15) is 0 Å². The van der Waals surface area contributed by atoms with E-state index in [2.05, 4.69) is 0 Å². The van der Waals surface area contributed by atoms with E-state index in [1.54, 1.807) is 42.7 Å². The summed E-state index contributed by atoms with van der Waals surface area (Å²) >= 11 is 0. The number of benzene rings is 2. The molecule has 1 saturated heterocycles. The molecule has 2 heterocycles. The van der Waals surface area contributed by atoms with Crippen molar-refractivity contribution in [3.8, 4) is 11.1 Å². The second-order valence-corrected chi connectivity index (χ2v) is 9.49. The number of hydrogen-bond donors (Lipinski definition) is 1. The Morgan fingerprint density at radius 3 is 2.44 bits per heavy atom. The zero-order chi connectivity index (χ0) is 22.2. The van der Waals surface area contributed by atoms with E-state index >= 15 is 0 Å². The Bertz CT molecular complexity index is 1270. The summed E-state index contributed by atoms with van der Waals surface area (Å²) in [7, 11) is -1.22. The summed E-state index contributed by atoms with van der Waals surface area (Å²) in [4.78, 5) is 38.9. The minimum Gasteiger partial charge on any atom is -0.543 e. The molecule has 158 valence electrons. The number of carbonyl (C=O) groups is 3. The van der Waals surface area contributed by atoms with Gasteiger partial charge in [0.05, 0.1) is 29.7 Å². The number of aliphatic hydroxyl groups excluding tert-OH is 1. The van der Waals surface area contributed by atoms with E-state index in [-0.39, 0.29) is 47.5 Å². The Balaban J connectivity index is 0.00000245. The number of hydrogen-bond acceptors (Lipinski definition) is 6. The number of ketones is 1. The summed E-state index contributed by atoms with van der Waals surface area (Å²) in [6.45, 7) is 1.52. The van der Waals surface area contributed by atoms with Crippen molar-refractivity contribution in [3.05, 3.63) is 58.8 Å². The molecule has 32 heavy (non-hydrogen) atoms. The number of fused-ring (bicyclic) bond motifs is 4. The number of aliphatic carboxylic acids is 1. The maximum Gasteiger partial charge on any atom is 1.00 e. The Kier molecular flexibility index (Phi) is 5.80. The Morgan fingerprint density at radius 1 is 1.12 bits per heavy atom. The maximum absolute atomic E-state index is 12.8. The standard InChI is InChI=1S/C23H19NO6S.Na/c1-10(25)19-18-9-15(20(23(28)29)24(18)22(19)27)11-3-5-14-16(7-11)13-6-4-12(31(2)30)8-17(13)21(14)26;/h3-8,10,18-19,25H,9H2,1-2H3,(H,28,29);/q;+1/p-1/t10-,18-,19-,31?;/m1./s1. The van der Waals surface area contributed by atoms with Crippen LogP contribution in [0.15, 0.2) is 47.0 Å². The van der Waals surface area contributed by atoms with Crippen molar-refractivity contribution >= 4 is 34.0 Å². The smallest absolute Gasteiger partial charge is 0.543 e. The quantitative estimate of drug-likeness (QED) is 0.347. The Hall–Kier alpha value is -2.10. The summed E-state index contributed by atoms with van der Waals surface area (Å²) in [6.07, 6.45) is 0.961. The van der Waals surface area contributed by atoms with Gasteiger partial charge in [-0.05, 0) is 59.9 Å². The number of carboxylic acid groups (broad SMARTS) is 1. The molecule has 1 fully saturated rings. The number of rotatable bonds is 4. The van der Waals surface area contributed by atoms with Gasteiger partial charge in [-0.25, -0.2) is 0 Å². The molecule has 1 aliphatic carbocycles. The molecule has 2 aromatic carbocycles. The van der Waals surface area contributed by atoms with Crippen LogP contribution >= 0.6 is 0 Å². The summed E-state index contributed by atoms with van der Waals surface area (Å²) in [6, 6.07) is 9.76. The molecule has 0 spiro atoms. The van der Waals surface area contributed by atoms with Crippen molar-refractivity contribution in [2.75, 3.05) is 6.26 Å². The minimum atomic E-state index is -1.44. The van der Waals surface area contributed by atoms with Crippen molar-refractivity contribution < 1.29 is 58.4 Å². The zero-order valence-corrected chi connectivity index (χ0v) is 20.6. The van der Waals surface area contributed by atoms with Gasteiger partial charge >= 0.3 is 29.6 Å². The van der Waals surface area contributed by atoms with Gasteiger partial charge in [-0.15, -0.1) is 0 Å². The van der Waals surface area contributed by atoms with E-state index in [4.69, 9.17) is 0 Å². The average molecular weight is 459 g/mol. The van der Waals surface area contributed by atoms with Crippen LogP contribution in [0.3, 0.4) is 0 Å². The van der Waals surface area contributed by atoms with Crippen LogP contribution in [-0.2, 0) is 20.4 Å². The first-order valence-corrected chi connectivity index (χ1v) is 11.4. The fourth-order valence-corrected chi connectivity index (χ4v) is 5.48. The topological polar surface area (TPSA) is 115 Å². The molecule has 5 rings (SSSR count). The molecule has 2 aromatic rings. The maximum atomic E-state index is 12.8. The predicted octanol–water partition coefficient (Wildman–Crippen LogP) is -2.29. The summed E-state index contributed by atoms with van der Waals surface area (Å²) in [5, 5.41) is 21.8. The normalized spacial score (nSPS) is 22.5. The third-order valence-electron chi connectivity index (χ3n) is 6.39. The van der Waals surface area contributed by atoms with Gasteiger partial charge in [-0.2, -0.15) is 0 Å². The number of aliphatic hydroxyl groups is 1. The van der Waals surface area contributed by atoms with Gasteiger partial charge in [-0.3, -0.25) is 13.8 Å². The molecule has 4 atom stereocenters. The van der Waals surface area contributed by atoms with Crippen LogP contribution in [0, 0.1) is 5.92 Å². The molecule has 3 aliphatic rings. The van der Waals surface area contributed by atoms with Gasteiger partial charge in [0.15, 0.2) is 5.78 Å². The van der Waals surface area contributed by atoms with Crippen LogP contribution in [0.2, 0.25) is 0 Å². The Morgan fingerprint density at radius 2 is 1.81 bits per heavy atom. The van der Waals surface area contributed by atoms with E-state index < -0.39 is 40.7 Å². The molecule has 0 aromatic heterocycles. The first kappa shape index (κ1) is 23.1. The predicted molar refractivity (Wildman–Crippen MR) is 110 cm³/mol. The molecule has 1 N–H and O–H groups in total. The second kappa shape index (κ2) is 8.04. The van der Waals surface area contributed by atoms with Crippen molar-refractivity contribution in [1.82, 2.24) is 4.90 Å². The van der Waals surface area contributed by atoms with Crippen LogP contribution in [0.4, 0.5) is 0 Å². The van der Waals surface area contributed by atoms with Crippen molar-refractivity contribution in [3.63, 3.8) is 0 Å². The number of β-lactam (4-membered cyclic amide) rings is 1. The van der Waals surface area contributed by atoms with Gasteiger partial charge in [-0.1, -0.05) is 12.1 Å². The molecule has 1 amide bonds. The van der Waals surface area contributed by atoms with Crippen LogP contribution in [0.1, 0.15) is 34.8 Å². The van der Waals surface area contributed by atoms with Gasteiger partial charge < -0.3 is 19.9 Å². The fraction of sp³-hybridized carbons (Fsp3) is 0.261. The number of carboxylic acids is 1. The van der Waals surface area contributed by atoms with E-state index in [1.807, 2.05) is 0 Å². The van der Waals surface area contributed by atoms with E-state index in [0.717, 1.165) is 0 Å². The van der Waals surface area contributed by atoms with Crippen LogP contribution in [0.5, 0.6) is 0 Å². The van der Waals surface area contributed by atoms with Crippen molar-refractivity contribution in [2.45, 2.75) is 30.4 Å². The Labute approximate surface area is 208 Å². The summed E-state index contributed by atoms with van der Waals surface area (Å²) in [5.74, 6) is -2.67. The molecule has 9 heteroatoms. The van der Waals surface area contributed by atoms with Crippen LogP contribution in [-0.4, -0.2) is 50.3 Å². The molecule has 1 unspecified atom stereocenters. The van der Waals surface area contributed by atoms with Crippen LogP contribution < -0.4 is 34.7 Å². The minimum absolute atomic E-state index is 0. The number of amides is 1. The first-order chi connectivity index (χ1) is 14.7. The molecule has 0 saturated carbocycles. The molecular weight excluding hydrogens is 441 g/mol. The largest absolute Gasteiger partial charge is 1.00 e.